The van der Waals surface area contributed by atoms with Crippen molar-refractivity contribution in [3.8, 4) is 0 Å². The summed E-state index contributed by atoms with van der Waals surface area (Å²) in [5.74, 6) is 0.0384. The van der Waals surface area contributed by atoms with E-state index in [1.807, 2.05) is 0 Å². The Morgan fingerprint density at radius 3 is 2.90 bits per heavy atom. The van der Waals surface area contributed by atoms with Crippen molar-refractivity contribution in [2.24, 2.45) is 0 Å². The van der Waals surface area contributed by atoms with E-state index >= 15 is 0 Å². The Hall–Kier alpha value is -0.900. The van der Waals surface area contributed by atoms with Crippen LogP contribution in [0, 0.1) is 0 Å². The molecule has 3 N–H and O–H groups in total. The van der Waals surface area contributed by atoms with Crippen LogP contribution in [0.1, 0.15) is 13.3 Å². The number of rotatable bonds is 6. The van der Waals surface area contributed by atoms with Gasteiger partial charge < -0.3 is 20.5 Å². The van der Waals surface area contributed by atoms with E-state index in [-0.39, 0.29) is 16.5 Å². The molecule has 1 unspecified atom stereocenters. The summed E-state index contributed by atoms with van der Waals surface area (Å²) in [5.41, 5.74) is 5.25. The molecule has 0 aromatic carbocycles. The van der Waals surface area contributed by atoms with Gasteiger partial charge >= 0.3 is 0 Å². The van der Waals surface area contributed by atoms with Crippen LogP contribution in [-0.4, -0.2) is 51.0 Å². The normalized spacial score (nSPS) is 23.1. The van der Waals surface area contributed by atoms with Crippen LogP contribution >= 0.6 is 11.5 Å². The monoisotopic (exact) mass is 321 g/mol. The van der Waals surface area contributed by atoms with Crippen molar-refractivity contribution >= 4 is 32.2 Å². The number of nitrogen functional groups attached to an aromatic ring is 1. The molecule has 1 aromatic heterocycles. The molecule has 0 aliphatic carbocycles. The van der Waals surface area contributed by atoms with Crippen molar-refractivity contribution in [1.29, 1.82) is 0 Å². The Bertz CT molecular complexity index is 564. The first-order valence-electron chi connectivity index (χ1n) is 6.29. The summed E-state index contributed by atoms with van der Waals surface area (Å²) in [6, 6.07) is 0. The summed E-state index contributed by atoms with van der Waals surface area (Å²) in [4.78, 5) is 0.0927. The first kappa shape index (κ1) is 15.5. The Kier molecular flexibility index (Phi) is 4.52. The molecule has 1 saturated heterocycles. The number of nitrogens with zero attached hydrogens (tertiary/aromatic N) is 1. The molecular weight excluding hydrogens is 302 g/mol. The third-order valence-corrected chi connectivity index (χ3v) is 6.18. The van der Waals surface area contributed by atoms with Gasteiger partial charge in [0, 0.05) is 26.7 Å². The van der Waals surface area contributed by atoms with Crippen LogP contribution in [0.25, 0.3) is 0 Å². The predicted molar refractivity (Wildman–Crippen MR) is 77.9 cm³/mol. The lowest BCUT2D eigenvalue weighted by Crippen LogP contribution is -2.39. The molecule has 2 rings (SSSR count). The van der Waals surface area contributed by atoms with Crippen molar-refractivity contribution in [2.75, 3.05) is 43.7 Å². The van der Waals surface area contributed by atoms with Crippen LogP contribution < -0.4 is 11.1 Å². The van der Waals surface area contributed by atoms with E-state index < -0.39 is 15.4 Å². The minimum Gasteiger partial charge on any atom is -0.382 e. The van der Waals surface area contributed by atoms with Gasteiger partial charge in [0.05, 0.1) is 12.4 Å². The highest BCUT2D eigenvalue weighted by atomic mass is 32.2. The molecule has 114 valence electrons. The van der Waals surface area contributed by atoms with Gasteiger partial charge in [-0.1, -0.05) is 6.92 Å². The van der Waals surface area contributed by atoms with Gasteiger partial charge in [-0.25, -0.2) is 8.42 Å². The number of hydrogen-bond donors (Lipinski definition) is 2. The van der Waals surface area contributed by atoms with Crippen molar-refractivity contribution in [3.63, 3.8) is 0 Å². The summed E-state index contributed by atoms with van der Waals surface area (Å²) < 4.78 is 38.8. The molecule has 0 saturated carbocycles. The van der Waals surface area contributed by atoms with Gasteiger partial charge in [0.2, 0.25) is 0 Å². The molecule has 1 fully saturated rings. The lowest BCUT2D eigenvalue weighted by Gasteiger charge is -2.26. The van der Waals surface area contributed by atoms with Gasteiger partial charge in [0.15, 0.2) is 15.7 Å². The first-order chi connectivity index (χ1) is 9.44. The Morgan fingerprint density at radius 2 is 2.35 bits per heavy atom. The predicted octanol–water partition coefficient (Wildman–Crippen LogP) is 0.736. The SMILES string of the molecule is CCS(=O)(=O)c1c(N)nsc1NCC1(OC)CCOC1. The van der Waals surface area contributed by atoms with Crippen molar-refractivity contribution in [2.45, 2.75) is 23.8 Å². The second kappa shape index (κ2) is 5.84. The number of hydrogen-bond acceptors (Lipinski definition) is 8. The van der Waals surface area contributed by atoms with Gasteiger partial charge in [-0.2, -0.15) is 4.37 Å². The topological polar surface area (TPSA) is 104 Å². The van der Waals surface area contributed by atoms with Gasteiger partial charge in [-0.15, -0.1) is 0 Å². The molecule has 1 aromatic rings. The minimum absolute atomic E-state index is 0.0111. The maximum absolute atomic E-state index is 12.0. The molecule has 0 bridgehead atoms. The summed E-state index contributed by atoms with van der Waals surface area (Å²) in [5, 5.41) is 3.57. The van der Waals surface area contributed by atoms with Crippen molar-refractivity contribution < 1.29 is 17.9 Å². The Labute approximate surface area is 122 Å². The van der Waals surface area contributed by atoms with E-state index in [1.54, 1.807) is 14.0 Å². The van der Waals surface area contributed by atoms with E-state index in [0.717, 1.165) is 18.0 Å². The third kappa shape index (κ3) is 2.90. The molecule has 0 spiro atoms. The molecule has 2 heterocycles. The molecule has 9 heteroatoms. The zero-order valence-electron chi connectivity index (χ0n) is 11.5. The van der Waals surface area contributed by atoms with Gasteiger partial charge in [0.1, 0.15) is 15.5 Å². The van der Waals surface area contributed by atoms with E-state index in [0.29, 0.717) is 24.8 Å². The fourth-order valence-corrected chi connectivity index (χ4v) is 4.22. The largest absolute Gasteiger partial charge is 0.382 e. The van der Waals surface area contributed by atoms with E-state index in [1.165, 1.54) is 0 Å². The third-order valence-electron chi connectivity index (χ3n) is 3.44. The Balaban J connectivity index is 2.19. The second-order valence-corrected chi connectivity index (χ2v) is 7.66. The van der Waals surface area contributed by atoms with Crippen molar-refractivity contribution in [1.82, 2.24) is 4.37 Å². The number of aromatic nitrogens is 1. The van der Waals surface area contributed by atoms with Gasteiger partial charge in [0.25, 0.3) is 0 Å². The zero-order valence-corrected chi connectivity index (χ0v) is 13.1. The van der Waals surface area contributed by atoms with E-state index in [4.69, 9.17) is 15.2 Å². The van der Waals surface area contributed by atoms with Crippen LogP contribution in [0.15, 0.2) is 4.90 Å². The van der Waals surface area contributed by atoms with Gasteiger partial charge in [-0.05, 0) is 11.5 Å². The van der Waals surface area contributed by atoms with Gasteiger partial charge in [-0.3, -0.25) is 0 Å². The maximum atomic E-state index is 12.0. The molecule has 0 amide bonds. The molecule has 1 aliphatic heterocycles. The highest BCUT2D eigenvalue weighted by Crippen LogP contribution is 2.33. The number of ether oxygens (including phenoxy) is 2. The Morgan fingerprint density at radius 1 is 1.60 bits per heavy atom. The fraction of sp³-hybridized carbons (Fsp3) is 0.727. The van der Waals surface area contributed by atoms with Crippen LogP contribution in [0.4, 0.5) is 10.8 Å². The molecule has 0 radical (unpaired) electrons. The number of methoxy groups -OCH3 is 1. The summed E-state index contributed by atoms with van der Waals surface area (Å²) >= 11 is 1.05. The standard InChI is InChI=1S/C11H19N3O4S2/c1-3-20(15,16)8-9(12)14-19-10(8)13-6-11(17-2)4-5-18-7-11/h13H,3-7H2,1-2H3,(H2,12,14). The van der Waals surface area contributed by atoms with Crippen LogP contribution in [0.2, 0.25) is 0 Å². The molecule has 1 aliphatic rings. The second-order valence-electron chi connectivity index (χ2n) is 4.67. The fourth-order valence-electron chi connectivity index (χ4n) is 2.05. The van der Waals surface area contributed by atoms with Crippen LogP contribution in [-0.2, 0) is 19.3 Å². The highest BCUT2D eigenvalue weighted by molar-refractivity contribution is 7.91. The highest BCUT2D eigenvalue weighted by Gasteiger charge is 2.35. The smallest absolute Gasteiger partial charge is 0.184 e. The molecule has 20 heavy (non-hydrogen) atoms. The quantitative estimate of drug-likeness (QED) is 0.796. The summed E-state index contributed by atoms with van der Waals surface area (Å²) in [7, 11) is -1.77. The number of nitrogens with one attached hydrogen (secondary N) is 1. The number of sulfone groups is 1. The average Bonchev–Trinajstić information content (AvgIpc) is 3.04. The number of nitrogens with two attached hydrogens (primary N) is 1. The maximum Gasteiger partial charge on any atom is 0.184 e. The number of anilines is 2. The van der Waals surface area contributed by atoms with E-state index in [2.05, 4.69) is 9.69 Å². The van der Waals surface area contributed by atoms with Crippen molar-refractivity contribution in [3.05, 3.63) is 0 Å². The van der Waals surface area contributed by atoms with Crippen LogP contribution in [0.3, 0.4) is 0 Å². The lowest BCUT2D eigenvalue weighted by atomic mass is 10.0. The molecular formula is C11H19N3O4S2. The summed E-state index contributed by atoms with van der Waals surface area (Å²) in [6.07, 6.45) is 0.765. The first-order valence-corrected chi connectivity index (χ1v) is 8.71. The van der Waals surface area contributed by atoms with Crippen LogP contribution in [0.5, 0.6) is 0 Å². The average molecular weight is 321 g/mol. The zero-order chi connectivity index (χ0) is 14.8. The minimum atomic E-state index is -3.40. The lowest BCUT2D eigenvalue weighted by molar-refractivity contribution is -0.00618. The molecule has 7 nitrogen and oxygen atoms in total. The molecule has 1 atom stereocenters. The summed E-state index contributed by atoms with van der Waals surface area (Å²) in [6.45, 7) is 3.16. The van der Waals surface area contributed by atoms with E-state index in [9.17, 15) is 8.42 Å².